The van der Waals surface area contributed by atoms with Crippen molar-refractivity contribution in [3.05, 3.63) is 29.8 Å². The van der Waals surface area contributed by atoms with Crippen LogP contribution in [-0.4, -0.2) is 40.7 Å². The maximum Gasteiger partial charge on any atom is 0.329 e. The number of nitrogens with one attached hydrogen (secondary N) is 1. The van der Waals surface area contributed by atoms with Gasteiger partial charge in [-0.25, -0.2) is 9.59 Å². The summed E-state index contributed by atoms with van der Waals surface area (Å²) in [6.07, 6.45) is 8.63. The van der Waals surface area contributed by atoms with Gasteiger partial charge < -0.3 is 10.1 Å². The number of para-hydroxylation sites is 1. The van der Waals surface area contributed by atoms with E-state index in [0.29, 0.717) is 18.3 Å². The average Bonchev–Trinajstić information content (AvgIpc) is 3.20. The molecule has 2 aliphatic rings. The Balaban J connectivity index is 1.78. The van der Waals surface area contributed by atoms with E-state index >= 15 is 0 Å². The van der Waals surface area contributed by atoms with Crippen LogP contribution in [0.15, 0.2) is 24.3 Å². The third-order valence-corrected chi connectivity index (χ3v) is 7.44. The zero-order chi connectivity index (χ0) is 20.6. The van der Waals surface area contributed by atoms with Crippen LogP contribution in [0.4, 0.5) is 10.5 Å². The molecule has 0 radical (unpaired) electrons. The van der Waals surface area contributed by atoms with Crippen LogP contribution < -0.4 is 5.32 Å². The van der Waals surface area contributed by atoms with Gasteiger partial charge >= 0.3 is 12.0 Å². The fourth-order valence-corrected chi connectivity index (χ4v) is 5.92. The lowest BCUT2D eigenvalue weighted by Crippen LogP contribution is -2.50. The Bertz CT molecular complexity index is 690. The fraction of sp³-hybridized carbons (Fsp3) is 0.652. The van der Waals surface area contributed by atoms with Gasteiger partial charge in [0.05, 0.1) is 12.0 Å². The summed E-state index contributed by atoms with van der Waals surface area (Å²) in [5.74, 6) is 0.812. The zero-order valence-corrected chi connectivity index (χ0v) is 18.5. The SMILES string of the molecule is CCCCOC(=O)C1CSC(C2CCCCC2)N1C(=O)Nc1ccccc1CC. The molecule has 1 aliphatic carbocycles. The number of anilines is 1. The van der Waals surface area contributed by atoms with E-state index in [2.05, 4.69) is 19.2 Å². The number of hydrogen-bond acceptors (Lipinski definition) is 4. The van der Waals surface area contributed by atoms with Gasteiger partial charge in [-0.3, -0.25) is 4.90 Å². The van der Waals surface area contributed by atoms with Crippen LogP contribution in [0, 0.1) is 5.92 Å². The summed E-state index contributed by atoms with van der Waals surface area (Å²) in [4.78, 5) is 27.9. The highest BCUT2D eigenvalue weighted by Crippen LogP contribution is 2.41. The van der Waals surface area contributed by atoms with Crippen LogP contribution in [0.5, 0.6) is 0 Å². The van der Waals surface area contributed by atoms with E-state index < -0.39 is 6.04 Å². The molecule has 1 heterocycles. The standard InChI is InChI=1S/C23H34N2O3S/c1-3-5-15-28-22(26)20-16-29-21(18-12-7-6-8-13-18)25(20)23(27)24-19-14-10-9-11-17(19)4-2/h9-11,14,18,20-21H,3-8,12-13,15-16H2,1-2H3,(H,24,27). The van der Waals surface area contributed by atoms with Crippen molar-refractivity contribution in [3.63, 3.8) is 0 Å². The Morgan fingerprint density at radius 1 is 1.17 bits per heavy atom. The smallest absolute Gasteiger partial charge is 0.329 e. The zero-order valence-electron chi connectivity index (χ0n) is 17.7. The quantitative estimate of drug-likeness (QED) is 0.473. The Labute approximate surface area is 178 Å². The number of carbonyl (C=O) groups excluding carboxylic acids is 2. The minimum atomic E-state index is -0.502. The molecule has 2 atom stereocenters. The molecule has 0 spiro atoms. The lowest BCUT2D eigenvalue weighted by molar-refractivity contribution is -0.148. The molecular weight excluding hydrogens is 384 g/mol. The second kappa shape index (κ2) is 10.9. The van der Waals surface area contributed by atoms with Gasteiger partial charge in [0.1, 0.15) is 6.04 Å². The predicted molar refractivity (Wildman–Crippen MR) is 119 cm³/mol. The van der Waals surface area contributed by atoms with Crippen molar-refractivity contribution in [1.29, 1.82) is 0 Å². The number of urea groups is 1. The molecular formula is C23H34N2O3S. The van der Waals surface area contributed by atoms with Crippen molar-refractivity contribution in [2.24, 2.45) is 5.92 Å². The molecule has 2 unspecified atom stereocenters. The number of hydrogen-bond donors (Lipinski definition) is 1. The van der Waals surface area contributed by atoms with Crippen LogP contribution in [-0.2, 0) is 16.0 Å². The summed E-state index contributed by atoms with van der Waals surface area (Å²) in [6.45, 7) is 4.58. The van der Waals surface area contributed by atoms with Crippen molar-refractivity contribution >= 4 is 29.4 Å². The first-order chi connectivity index (χ1) is 14.2. The number of ether oxygens (including phenoxy) is 1. The number of nitrogens with zero attached hydrogens (tertiary/aromatic N) is 1. The largest absolute Gasteiger partial charge is 0.464 e. The minimum absolute atomic E-state index is 0.0489. The van der Waals surface area contributed by atoms with Crippen LogP contribution >= 0.6 is 11.8 Å². The molecule has 0 aromatic heterocycles. The van der Waals surface area contributed by atoms with E-state index in [0.717, 1.165) is 43.4 Å². The first-order valence-electron chi connectivity index (χ1n) is 11.1. The molecule has 29 heavy (non-hydrogen) atoms. The van der Waals surface area contributed by atoms with Crippen LogP contribution in [0.1, 0.15) is 64.4 Å². The van der Waals surface area contributed by atoms with E-state index in [1.54, 1.807) is 16.7 Å². The second-order valence-corrected chi connectivity index (χ2v) is 9.16. The Morgan fingerprint density at radius 2 is 1.93 bits per heavy atom. The minimum Gasteiger partial charge on any atom is -0.464 e. The van der Waals surface area contributed by atoms with Crippen LogP contribution in [0.2, 0.25) is 0 Å². The first-order valence-corrected chi connectivity index (χ1v) is 12.2. The van der Waals surface area contributed by atoms with Gasteiger partial charge in [-0.2, -0.15) is 0 Å². The monoisotopic (exact) mass is 418 g/mol. The number of rotatable bonds is 7. The number of carbonyl (C=O) groups is 2. The molecule has 2 amide bonds. The number of benzene rings is 1. The lowest BCUT2D eigenvalue weighted by Gasteiger charge is -2.35. The summed E-state index contributed by atoms with van der Waals surface area (Å²) in [6, 6.07) is 7.20. The molecule has 1 aromatic carbocycles. The van der Waals surface area contributed by atoms with Gasteiger partial charge in [0, 0.05) is 11.4 Å². The van der Waals surface area contributed by atoms with E-state index in [1.807, 2.05) is 24.3 Å². The van der Waals surface area contributed by atoms with Gasteiger partial charge in [0.2, 0.25) is 0 Å². The molecule has 3 rings (SSSR count). The van der Waals surface area contributed by atoms with E-state index in [1.165, 1.54) is 19.3 Å². The summed E-state index contributed by atoms with van der Waals surface area (Å²) < 4.78 is 5.50. The summed E-state index contributed by atoms with van der Waals surface area (Å²) in [7, 11) is 0. The molecule has 1 saturated heterocycles. The topological polar surface area (TPSA) is 58.6 Å². The molecule has 1 aliphatic heterocycles. The molecule has 0 bridgehead atoms. The van der Waals surface area contributed by atoms with Gasteiger partial charge in [-0.1, -0.05) is 57.7 Å². The third kappa shape index (κ3) is 5.47. The van der Waals surface area contributed by atoms with Crippen molar-refractivity contribution in [3.8, 4) is 0 Å². The van der Waals surface area contributed by atoms with Crippen molar-refractivity contribution in [1.82, 2.24) is 4.90 Å². The van der Waals surface area contributed by atoms with E-state index in [4.69, 9.17) is 4.74 Å². The Hall–Kier alpha value is -1.69. The number of unbranched alkanes of at least 4 members (excludes halogenated alkanes) is 1. The molecule has 1 aromatic rings. The summed E-state index contributed by atoms with van der Waals surface area (Å²) in [5.41, 5.74) is 1.93. The Morgan fingerprint density at radius 3 is 2.66 bits per heavy atom. The van der Waals surface area contributed by atoms with Crippen molar-refractivity contribution < 1.29 is 14.3 Å². The Kier molecular flexibility index (Phi) is 8.28. The molecule has 1 N–H and O–H groups in total. The third-order valence-electron chi connectivity index (χ3n) is 5.98. The molecule has 2 fully saturated rings. The molecule has 5 nitrogen and oxygen atoms in total. The molecule has 160 valence electrons. The van der Waals surface area contributed by atoms with Gasteiger partial charge in [0.15, 0.2) is 0 Å². The highest BCUT2D eigenvalue weighted by atomic mass is 32.2. The normalized spacial score (nSPS) is 22.5. The molecule has 1 saturated carbocycles. The van der Waals surface area contributed by atoms with Gasteiger partial charge in [0.25, 0.3) is 0 Å². The predicted octanol–water partition coefficient (Wildman–Crippen LogP) is 5.45. The number of aryl methyl sites for hydroxylation is 1. The maximum absolute atomic E-state index is 13.4. The molecule has 6 heteroatoms. The summed E-state index contributed by atoms with van der Waals surface area (Å²) in [5, 5.41) is 3.14. The van der Waals surface area contributed by atoms with E-state index in [9.17, 15) is 9.59 Å². The first kappa shape index (κ1) is 22.0. The average molecular weight is 419 g/mol. The highest BCUT2D eigenvalue weighted by Gasteiger charge is 2.45. The van der Waals surface area contributed by atoms with Gasteiger partial charge in [-0.15, -0.1) is 11.8 Å². The van der Waals surface area contributed by atoms with Crippen LogP contribution in [0.3, 0.4) is 0 Å². The van der Waals surface area contributed by atoms with Crippen molar-refractivity contribution in [2.45, 2.75) is 76.6 Å². The van der Waals surface area contributed by atoms with Crippen LogP contribution in [0.25, 0.3) is 0 Å². The highest BCUT2D eigenvalue weighted by molar-refractivity contribution is 8.00. The van der Waals surface area contributed by atoms with E-state index in [-0.39, 0.29) is 17.4 Å². The number of amides is 2. The summed E-state index contributed by atoms with van der Waals surface area (Å²) >= 11 is 1.75. The lowest BCUT2D eigenvalue weighted by atomic mass is 9.88. The van der Waals surface area contributed by atoms with Gasteiger partial charge in [-0.05, 0) is 43.2 Å². The number of esters is 1. The fourth-order valence-electron chi connectivity index (χ4n) is 4.29. The number of thioether (sulfide) groups is 1. The second-order valence-electron chi connectivity index (χ2n) is 8.01. The van der Waals surface area contributed by atoms with Crippen molar-refractivity contribution in [2.75, 3.05) is 17.7 Å². The maximum atomic E-state index is 13.4.